The van der Waals surface area contributed by atoms with Crippen molar-refractivity contribution in [3.05, 3.63) is 11.9 Å². The summed E-state index contributed by atoms with van der Waals surface area (Å²) in [6.07, 6.45) is 1.31. The molecule has 0 fully saturated rings. The molecular weight excluding hydrogens is 188 g/mol. The lowest BCUT2D eigenvalue weighted by molar-refractivity contribution is 0.220. The number of aliphatic hydroxyl groups is 2. The van der Waals surface area contributed by atoms with Gasteiger partial charge in [-0.1, -0.05) is 11.8 Å². The van der Waals surface area contributed by atoms with Gasteiger partial charge in [-0.2, -0.15) is 0 Å². The molecule has 0 aliphatic rings. The fraction of sp³-hybridized carbons (Fsp3) is 0.625. The molecule has 1 rings (SSSR count). The highest BCUT2D eigenvalue weighted by Crippen LogP contribution is 2.17. The summed E-state index contributed by atoms with van der Waals surface area (Å²) in [7, 11) is 1.85. The Labute approximate surface area is 81.6 Å². The number of hydrogen-bond donors (Lipinski definition) is 2. The van der Waals surface area contributed by atoms with Gasteiger partial charge >= 0.3 is 0 Å². The van der Waals surface area contributed by atoms with E-state index in [2.05, 4.69) is 4.98 Å². The molecule has 0 saturated heterocycles. The topological polar surface area (TPSA) is 58.3 Å². The summed E-state index contributed by atoms with van der Waals surface area (Å²) < 4.78 is 1.83. The van der Waals surface area contributed by atoms with E-state index in [0.29, 0.717) is 5.75 Å². The summed E-state index contributed by atoms with van der Waals surface area (Å²) in [4.78, 5) is 4.11. The zero-order valence-corrected chi connectivity index (χ0v) is 8.58. The average Bonchev–Trinajstić information content (AvgIpc) is 2.43. The fourth-order valence-corrected chi connectivity index (χ4v) is 1.73. The van der Waals surface area contributed by atoms with Crippen molar-refractivity contribution >= 4 is 11.8 Å². The molecular formula is C8H14N2O2S. The Morgan fingerprint density at radius 2 is 2.38 bits per heavy atom. The number of nitrogens with zero attached hydrogens (tertiary/aromatic N) is 2. The van der Waals surface area contributed by atoms with Gasteiger partial charge in [0, 0.05) is 12.8 Å². The van der Waals surface area contributed by atoms with Gasteiger partial charge in [-0.25, -0.2) is 4.98 Å². The highest BCUT2D eigenvalue weighted by molar-refractivity contribution is 7.99. The maximum absolute atomic E-state index is 9.06. The summed E-state index contributed by atoms with van der Waals surface area (Å²) in [6, 6.07) is 0. The van der Waals surface area contributed by atoms with Crippen molar-refractivity contribution in [2.75, 3.05) is 5.75 Å². The second-order valence-corrected chi connectivity index (χ2v) is 3.90. The predicted octanol–water partition coefficient (Wildman–Crippen LogP) is 0.385. The molecule has 2 N–H and O–H groups in total. The minimum absolute atomic E-state index is 0.00125. The van der Waals surface area contributed by atoms with Crippen LogP contribution in [0.1, 0.15) is 12.6 Å². The summed E-state index contributed by atoms with van der Waals surface area (Å²) in [6.45, 7) is 1.74. The lowest BCUT2D eigenvalue weighted by atomic mass is 10.5. The second-order valence-electron chi connectivity index (χ2n) is 2.91. The Morgan fingerprint density at radius 1 is 1.69 bits per heavy atom. The molecule has 1 aromatic rings. The highest BCUT2D eigenvalue weighted by Gasteiger charge is 2.06. The standard InChI is InChI=1S/C8H14N2O2S/c1-6(12)5-13-8-9-3-7(4-11)10(8)2/h3,6,11-12H,4-5H2,1-2H3. The largest absolute Gasteiger partial charge is 0.393 e. The number of imidazole rings is 1. The summed E-state index contributed by atoms with van der Waals surface area (Å²) >= 11 is 1.48. The molecule has 5 heteroatoms. The second kappa shape index (κ2) is 4.64. The summed E-state index contributed by atoms with van der Waals surface area (Å²) in [5.41, 5.74) is 0.785. The van der Waals surface area contributed by atoms with E-state index in [4.69, 9.17) is 10.2 Å². The first-order valence-corrected chi connectivity index (χ1v) is 5.06. The Balaban J connectivity index is 2.62. The number of aliphatic hydroxyl groups excluding tert-OH is 2. The third kappa shape index (κ3) is 2.72. The molecule has 13 heavy (non-hydrogen) atoms. The lowest BCUT2D eigenvalue weighted by Crippen LogP contribution is -2.04. The number of rotatable bonds is 4. The van der Waals surface area contributed by atoms with Crippen LogP contribution in [0.5, 0.6) is 0 Å². The zero-order chi connectivity index (χ0) is 9.84. The third-order valence-corrected chi connectivity index (χ3v) is 2.94. The summed E-state index contributed by atoms with van der Waals surface area (Å²) in [5.74, 6) is 0.621. The Kier molecular flexibility index (Phi) is 3.77. The molecule has 74 valence electrons. The van der Waals surface area contributed by atoms with Crippen molar-refractivity contribution in [3.8, 4) is 0 Å². The van der Waals surface area contributed by atoms with Crippen LogP contribution in [0.2, 0.25) is 0 Å². The molecule has 1 unspecified atom stereocenters. The van der Waals surface area contributed by atoms with Crippen LogP contribution in [0.15, 0.2) is 11.4 Å². The van der Waals surface area contributed by atoms with Gasteiger partial charge in [0.1, 0.15) is 0 Å². The Morgan fingerprint density at radius 3 is 2.85 bits per heavy atom. The average molecular weight is 202 g/mol. The van der Waals surface area contributed by atoms with E-state index in [1.165, 1.54) is 11.8 Å². The van der Waals surface area contributed by atoms with Crippen LogP contribution in [0.3, 0.4) is 0 Å². The lowest BCUT2D eigenvalue weighted by Gasteiger charge is -2.04. The minimum Gasteiger partial charge on any atom is -0.393 e. The van der Waals surface area contributed by atoms with Gasteiger partial charge in [-0.3, -0.25) is 0 Å². The molecule has 1 heterocycles. The van der Waals surface area contributed by atoms with E-state index in [1.807, 2.05) is 11.6 Å². The van der Waals surface area contributed by atoms with E-state index in [9.17, 15) is 0 Å². The molecule has 0 bridgehead atoms. The molecule has 0 aliphatic carbocycles. The molecule has 1 aromatic heterocycles. The van der Waals surface area contributed by atoms with Crippen LogP contribution in [0.25, 0.3) is 0 Å². The van der Waals surface area contributed by atoms with E-state index in [0.717, 1.165) is 10.9 Å². The normalized spacial score (nSPS) is 13.2. The monoisotopic (exact) mass is 202 g/mol. The van der Waals surface area contributed by atoms with Crippen LogP contribution in [0.4, 0.5) is 0 Å². The molecule has 4 nitrogen and oxygen atoms in total. The number of hydrogen-bond acceptors (Lipinski definition) is 4. The highest BCUT2D eigenvalue weighted by atomic mass is 32.2. The van der Waals surface area contributed by atoms with Crippen LogP contribution in [0, 0.1) is 0 Å². The van der Waals surface area contributed by atoms with Crippen molar-refractivity contribution < 1.29 is 10.2 Å². The number of thioether (sulfide) groups is 1. The molecule has 0 aromatic carbocycles. The van der Waals surface area contributed by atoms with Crippen molar-refractivity contribution in [2.24, 2.45) is 7.05 Å². The van der Waals surface area contributed by atoms with Crippen molar-refractivity contribution in [1.82, 2.24) is 9.55 Å². The van der Waals surface area contributed by atoms with Gasteiger partial charge in [-0.15, -0.1) is 0 Å². The van der Waals surface area contributed by atoms with Gasteiger partial charge < -0.3 is 14.8 Å². The first-order valence-electron chi connectivity index (χ1n) is 4.07. The van der Waals surface area contributed by atoms with Gasteiger partial charge in [0.05, 0.1) is 24.6 Å². The Hall–Kier alpha value is -0.520. The zero-order valence-electron chi connectivity index (χ0n) is 7.77. The first kappa shape index (κ1) is 10.6. The van der Waals surface area contributed by atoms with E-state index < -0.39 is 0 Å². The van der Waals surface area contributed by atoms with E-state index in [-0.39, 0.29) is 12.7 Å². The first-order chi connectivity index (χ1) is 6.15. The van der Waals surface area contributed by atoms with Crippen molar-refractivity contribution in [2.45, 2.75) is 24.8 Å². The molecule has 0 amide bonds. The maximum Gasteiger partial charge on any atom is 0.168 e. The van der Waals surface area contributed by atoms with Crippen LogP contribution in [-0.4, -0.2) is 31.6 Å². The third-order valence-electron chi connectivity index (χ3n) is 1.66. The molecule has 0 saturated carbocycles. The van der Waals surface area contributed by atoms with E-state index in [1.54, 1.807) is 13.1 Å². The van der Waals surface area contributed by atoms with Crippen LogP contribution >= 0.6 is 11.8 Å². The Bertz CT molecular complexity index is 273. The van der Waals surface area contributed by atoms with Crippen molar-refractivity contribution in [3.63, 3.8) is 0 Å². The van der Waals surface area contributed by atoms with Crippen LogP contribution in [-0.2, 0) is 13.7 Å². The SMILES string of the molecule is CC(O)CSc1ncc(CO)n1C. The minimum atomic E-state index is -0.334. The summed E-state index contributed by atoms with van der Waals surface area (Å²) in [5, 5.41) is 18.8. The fourth-order valence-electron chi connectivity index (χ4n) is 0.902. The van der Waals surface area contributed by atoms with Crippen LogP contribution < -0.4 is 0 Å². The maximum atomic E-state index is 9.06. The van der Waals surface area contributed by atoms with Gasteiger partial charge in [-0.05, 0) is 6.92 Å². The molecule has 0 radical (unpaired) electrons. The molecule has 1 atom stereocenters. The van der Waals surface area contributed by atoms with Gasteiger partial charge in [0.2, 0.25) is 0 Å². The van der Waals surface area contributed by atoms with Crippen molar-refractivity contribution in [1.29, 1.82) is 0 Å². The predicted molar refractivity (Wildman–Crippen MR) is 51.5 cm³/mol. The van der Waals surface area contributed by atoms with Gasteiger partial charge in [0.25, 0.3) is 0 Å². The van der Waals surface area contributed by atoms with E-state index >= 15 is 0 Å². The smallest absolute Gasteiger partial charge is 0.168 e. The van der Waals surface area contributed by atoms with Gasteiger partial charge in [0.15, 0.2) is 5.16 Å². The number of aromatic nitrogens is 2. The quantitative estimate of drug-likeness (QED) is 0.693. The molecule has 0 spiro atoms. The molecule has 0 aliphatic heterocycles.